The number of aryl methyl sites for hydroxylation is 1. The summed E-state index contributed by atoms with van der Waals surface area (Å²) in [5.74, 6) is -0.496. The molecule has 0 saturated carbocycles. The van der Waals surface area contributed by atoms with Crippen LogP contribution in [-0.4, -0.2) is 10.9 Å². The molecule has 0 aliphatic heterocycles. The summed E-state index contributed by atoms with van der Waals surface area (Å²) in [7, 11) is 0. The standard InChI is InChI=1S/C20H17FN2OS/c21-15-7-4-8-16(12-15)22-19(24)14-9-10-17-18(11-14)25-20(23-17)13-5-2-1-3-6-13/h1-8,12,14H,9-11H2,(H,22,24). The highest BCUT2D eigenvalue weighted by Gasteiger charge is 2.27. The number of carbonyl (C=O) groups excluding carboxylic acids is 1. The Morgan fingerprint density at radius 3 is 2.80 bits per heavy atom. The number of nitrogens with one attached hydrogen (secondary N) is 1. The van der Waals surface area contributed by atoms with Crippen molar-refractivity contribution >= 4 is 22.9 Å². The van der Waals surface area contributed by atoms with Crippen LogP contribution in [0.2, 0.25) is 0 Å². The van der Waals surface area contributed by atoms with Crippen molar-refractivity contribution in [3.8, 4) is 10.6 Å². The van der Waals surface area contributed by atoms with Gasteiger partial charge in [0.25, 0.3) is 0 Å². The summed E-state index contributed by atoms with van der Waals surface area (Å²) in [4.78, 5) is 18.4. The number of hydrogen-bond donors (Lipinski definition) is 1. The van der Waals surface area contributed by atoms with E-state index in [1.165, 1.54) is 17.0 Å². The number of amides is 1. The first-order valence-electron chi connectivity index (χ1n) is 8.29. The minimum absolute atomic E-state index is 0.0501. The van der Waals surface area contributed by atoms with Gasteiger partial charge in [-0.15, -0.1) is 11.3 Å². The van der Waals surface area contributed by atoms with Gasteiger partial charge in [0.2, 0.25) is 5.91 Å². The van der Waals surface area contributed by atoms with Gasteiger partial charge in [0.15, 0.2) is 0 Å². The zero-order valence-corrected chi connectivity index (χ0v) is 14.4. The van der Waals surface area contributed by atoms with Crippen LogP contribution in [0, 0.1) is 11.7 Å². The lowest BCUT2D eigenvalue weighted by Crippen LogP contribution is -2.27. The molecule has 1 N–H and O–H groups in total. The molecule has 1 amide bonds. The van der Waals surface area contributed by atoms with Gasteiger partial charge >= 0.3 is 0 Å². The van der Waals surface area contributed by atoms with Crippen molar-refractivity contribution in [2.24, 2.45) is 5.92 Å². The first-order valence-corrected chi connectivity index (χ1v) is 9.11. The molecule has 1 heterocycles. The maximum absolute atomic E-state index is 13.3. The van der Waals surface area contributed by atoms with Gasteiger partial charge in [-0.1, -0.05) is 36.4 Å². The summed E-state index contributed by atoms with van der Waals surface area (Å²) in [5.41, 5.74) is 2.73. The molecule has 1 aromatic heterocycles. The van der Waals surface area contributed by atoms with Crippen molar-refractivity contribution < 1.29 is 9.18 Å². The predicted octanol–water partition coefficient (Wildman–Crippen LogP) is 4.69. The van der Waals surface area contributed by atoms with Crippen molar-refractivity contribution in [2.75, 3.05) is 5.32 Å². The molecule has 1 aliphatic carbocycles. The number of benzene rings is 2. The Balaban J connectivity index is 1.49. The predicted molar refractivity (Wildman–Crippen MR) is 98.1 cm³/mol. The molecule has 0 radical (unpaired) electrons. The van der Waals surface area contributed by atoms with E-state index in [0.29, 0.717) is 12.1 Å². The Morgan fingerprint density at radius 2 is 2.00 bits per heavy atom. The number of hydrogen-bond acceptors (Lipinski definition) is 3. The molecule has 1 atom stereocenters. The van der Waals surface area contributed by atoms with Crippen molar-refractivity contribution in [3.05, 3.63) is 71.0 Å². The monoisotopic (exact) mass is 352 g/mol. The topological polar surface area (TPSA) is 42.0 Å². The van der Waals surface area contributed by atoms with Gasteiger partial charge in [-0.25, -0.2) is 9.37 Å². The van der Waals surface area contributed by atoms with Gasteiger partial charge in [0, 0.05) is 22.0 Å². The van der Waals surface area contributed by atoms with E-state index >= 15 is 0 Å². The minimum atomic E-state index is -0.348. The van der Waals surface area contributed by atoms with Crippen molar-refractivity contribution in [2.45, 2.75) is 19.3 Å². The summed E-state index contributed by atoms with van der Waals surface area (Å²) in [5, 5.41) is 3.84. The zero-order valence-electron chi connectivity index (χ0n) is 13.5. The molecule has 3 aromatic rings. The van der Waals surface area contributed by atoms with Gasteiger partial charge in [0.1, 0.15) is 10.8 Å². The zero-order chi connectivity index (χ0) is 17.2. The summed E-state index contributed by atoms with van der Waals surface area (Å²) in [6.45, 7) is 0. The summed E-state index contributed by atoms with van der Waals surface area (Å²) in [6.07, 6.45) is 2.27. The lowest BCUT2D eigenvalue weighted by atomic mass is 9.90. The van der Waals surface area contributed by atoms with E-state index < -0.39 is 0 Å². The molecule has 1 unspecified atom stereocenters. The van der Waals surface area contributed by atoms with Crippen molar-refractivity contribution in [1.82, 2.24) is 4.98 Å². The first-order chi connectivity index (χ1) is 12.2. The van der Waals surface area contributed by atoms with Crippen molar-refractivity contribution in [3.63, 3.8) is 0 Å². The lowest BCUT2D eigenvalue weighted by molar-refractivity contribution is -0.120. The fourth-order valence-corrected chi connectivity index (χ4v) is 4.31. The third-order valence-corrected chi connectivity index (χ3v) is 5.59. The largest absolute Gasteiger partial charge is 0.326 e. The van der Waals surface area contributed by atoms with E-state index in [9.17, 15) is 9.18 Å². The Hall–Kier alpha value is -2.53. The molecule has 2 aromatic carbocycles. The second-order valence-electron chi connectivity index (χ2n) is 6.19. The highest BCUT2D eigenvalue weighted by Crippen LogP contribution is 2.35. The molecule has 0 bridgehead atoms. The van der Waals surface area contributed by atoms with E-state index in [2.05, 4.69) is 17.4 Å². The first kappa shape index (κ1) is 16.0. The smallest absolute Gasteiger partial charge is 0.227 e. The van der Waals surface area contributed by atoms with Gasteiger partial charge in [-0.05, 0) is 37.5 Å². The second kappa shape index (κ2) is 6.76. The van der Waals surface area contributed by atoms with Crippen LogP contribution in [0.5, 0.6) is 0 Å². The molecule has 25 heavy (non-hydrogen) atoms. The van der Waals surface area contributed by atoms with Crippen LogP contribution in [0.15, 0.2) is 54.6 Å². The number of rotatable bonds is 3. The Morgan fingerprint density at radius 1 is 1.16 bits per heavy atom. The summed E-state index contributed by atoms with van der Waals surface area (Å²) < 4.78 is 13.3. The molecule has 4 rings (SSSR count). The highest BCUT2D eigenvalue weighted by molar-refractivity contribution is 7.15. The summed E-state index contributed by atoms with van der Waals surface area (Å²) in [6, 6.07) is 16.1. The van der Waals surface area contributed by atoms with Gasteiger partial charge < -0.3 is 5.32 Å². The molecule has 126 valence electrons. The van der Waals surface area contributed by atoms with E-state index in [0.717, 1.165) is 29.1 Å². The van der Waals surface area contributed by atoms with E-state index in [1.807, 2.05) is 18.2 Å². The SMILES string of the molecule is O=C(Nc1cccc(F)c1)C1CCc2nc(-c3ccccc3)sc2C1. The average molecular weight is 352 g/mol. The Bertz CT molecular complexity index is 907. The molecular formula is C20H17FN2OS. The van der Waals surface area contributed by atoms with Gasteiger partial charge in [0.05, 0.1) is 5.69 Å². The number of fused-ring (bicyclic) bond motifs is 1. The molecule has 0 saturated heterocycles. The Kier molecular flexibility index (Phi) is 4.32. The molecule has 0 spiro atoms. The quantitative estimate of drug-likeness (QED) is 0.743. The maximum atomic E-state index is 13.3. The second-order valence-corrected chi connectivity index (χ2v) is 7.28. The molecule has 5 heteroatoms. The number of nitrogens with zero attached hydrogens (tertiary/aromatic N) is 1. The molecule has 3 nitrogen and oxygen atoms in total. The van der Waals surface area contributed by atoms with E-state index in [-0.39, 0.29) is 17.6 Å². The average Bonchev–Trinajstić information content (AvgIpc) is 3.06. The van der Waals surface area contributed by atoms with Crippen LogP contribution in [0.25, 0.3) is 10.6 Å². The van der Waals surface area contributed by atoms with Gasteiger partial charge in [-0.2, -0.15) is 0 Å². The lowest BCUT2D eigenvalue weighted by Gasteiger charge is -2.20. The van der Waals surface area contributed by atoms with Crippen LogP contribution in [0.3, 0.4) is 0 Å². The van der Waals surface area contributed by atoms with E-state index in [4.69, 9.17) is 4.98 Å². The van der Waals surface area contributed by atoms with Crippen LogP contribution in [-0.2, 0) is 17.6 Å². The maximum Gasteiger partial charge on any atom is 0.227 e. The molecule has 1 aliphatic rings. The van der Waals surface area contributed by atoms with Crippen LogP contribution in [0.4, 0.5) is 10.1 Å². The van der Waals surface area contributed by atoms with Crippen LogP contribution < -0.4 is 5.32 Å². The van der Waals surface area contributed by atoms with E-state index in [1.54, 1.807) is 23.5 Å². The minimum Gasteiger partial charge on any atom is -0.326 e. The number of thiazole rings is 1. The number of halogens is 1. The fraction of sp³-hybridized carbons (Fsp3) is 0.200. The number of aromatic nitrogens is 1. The molecular weight excluding hydrogens is 335 g/mol. The van der Waals surface area contributed by atoms with Crippen molar-refractivity contribution in [1.29, 1.82) is 0 Å². The number of carbonyl (C=O) groups is 1. The van der Waals surface area contributed by atoms with Crippen LogP contribution in [0.1, 0.15) is 17.0 Å². The fourth-order valence-electron chi connectivity index (χ4n) is 3.11. The number of anilines is 1. The van der Waals surface area contributed by atoms with Crippen LogP contribution >= 0.6 is 11.3 Å². The van der Waals surface area contributed by atoms with Gasteiger partial charge in [-0.3, -0.25) is 4.79 Å². The highest BCUT2D eigenvalue weighted by atomic mass is 32.1. The third kappa shape index (κ3) is 3.46. The normalized spacial score (nSPS) is 16.3. The molecule has 0 fully saturated rings. The summed E-state index contributed by atoms with van der Waals surface area (Å²) >= 11 is 1.67. The Labute approximate surface area is 149 Å². The third-order valence-electron chi connectivity index (χ3n) is 4.42.